The number of rotatable bonds is 2. The summed E-state index contributed by atoms with van der Waals surface area (Å²) in [5, 5.41) is 42.8. The molecule has 0 radical (unpaired) electrons. The Morgan fingerprint density at radius 3 is 2.45 bits per heavy atom. The topological polar surface area (TPSA) is 171 Å². The van der Waals surface area contributed by atoms with Crippen LogP contribution in [0.3, 0.4) is 0 Å². The number of aromatic nitrogens is 1. The van der Waals surface area contributed by atoms with Gasteiger partial charge in [0.15, 0.2) is 17.3 Å². The maximum atomic E-state index is 13.4. The largest absolute Gasteiger partial charge is 0.506 e. The number of aliphatic hydroxyl groups excluding tert-OH is 1. The summed E-state index contributed by atoms with van der Waals surface area (Å²) < 4.78 is 0. The molecule has 9 heteroatoms. The number of pyridine rings is 1. The third kappa shape index (κ3) is 2.76. The molecule has 0 saturated heterocycles. The number of primary amides is 1. The zero-order chi connectivity index (χ0) is 23.7. The van der Waals surface area contributed by atoms with Gasteiger partial charge in [-0.15, -0.1) is 0 Å². The normalized spacial score (nSPS) is 27.9. The Morgan fingerprint density at radius 1 is 1.06 bits per heavy atom. The molecule has 3 aliphatic rings. The Morgan fingerprint density at radius 2 is 1.79 bits per heavy atom. The zero-order valence-corrected chi connectivity index (χ0v) is 17.2. The minimum atomic E-state index is -3.32. The number of benzene rings is 1. The van der Waals surface area contributed by atoms with Gasteiger partial charge in [-0.05, 0) is 36.5 Å². The fourth-order valence-electron chi connectivity index (χ4n) is 5.23. The second kappa shape index (κ2) is 6.92. The fourth-order valence-corrected chi connectivity index (χ4v) is 5.23. The summed E-state index contributed by atoms with van der Waals surface area (Å²) in [6.07, 6.45) is 2.64. The number of carbonyl (C=O) groups excluding carboxylic acids is 3. The summed E-state index contributed by atoms with van der Waals surface area (Å²) in [5.74, 6) is -9.85. The van der Waals surface area contributed by atoms with E-state index in [0.717, 1.165) is 5.56 Å². The minimum absolute atomic E-state index is 0.227. The Bertz CT molecular complexity index is 1300. The zero-order valence-electron chi connectivity index (χ0n) is 17.2. The van der Waals surface area contributed by atoms with Crippen molar-refractivity contribution in [2.45, 2.75) is 24.2 Å². The first-order chi connectivity index (χ1) is 15.6. The lowest BCUT2D eigenvalue weighted by atomic mass is 9.59. The van der Waals surface area contributed by atoms with E-state index in [0.29, 0.717) is 16.8 Å². The number of fused-ring (bicyclic) bond motifs is 3. The molecule has 33 heavy (non-hydrogen) atoms. The number of carbonyl (C=O) groups is 3. The van der Waals surface area contributed by atoms with Gasteiger partial charge in [0.2, 0.25) is 0 Å². The molecule has 0 saturated carbocycles. The van der Waals surface area contributed by atoms with Crippen molar-refractivity contribution in [3.63, 3.8) is 0 Å². The van der Waals surface area contributed by atoms with E-state index in [9.17, 15) is 34.8 Å². The van der Waals surface area contributed by atoms with Crippen LogP contribution < -0.4 is 5.73 Å². The molecular formula is C24H20N2O7. The third-order valence-electron chi connectivity index (χ3n) is 6.88. The van der Waals surface area contributed by atoms with Gasteiger partial charge in [0.1, 0.15) is 11.2 Å². The molecule has 1 heterocycles. The van der Waals surface area contributed by atoms with Crippen molar-refractivity contribution >= 4 is 17.5 Å². The molecule has 3 unspecified atom stereocenters. The average molecular weight is 448 g/mol. The predicted molar refractivity (Wildman–Crippen MR) is 113 cm³/mol. The van der Waals surface area contributed by atoms with Gasteiger partial charge in [-0.1, -0.05) is 30.3 Å². The first-order valence-electron chi connectivity index (χ1n) is 10.3. The molecule has 2 aromatic rings. The van der Waals surface area contributed by atoms with Crippen LogP contribution in [0, 0.1) is 11.8 Å². The van der Waals surface area contributed by atoms with Crippen LogP contribution in [-0.4, -0.2) is 54.3 Å². The Labute approximate surface area is 187 Å². The van der Waals surface area contributed by atoms with Crippen molar-refractivity contribution in [1.82, 2.24) is 4.98 Å². The highest BCUT2D eigenvalue weighted by molar-refractivity contribution is 6.22. The number of nitrogens with two attached hydrogens (primary N) is 1. The first-order valence-corrected chi connectivity index (χ1v) is 10.3. The molecule has 0 aliphatic heterocycles. The van der Waals surface area contributed by atoms with E-state index in [4.69, 9.17) is 5.73 Å². The van der Waals surface area contributed by atoms with Gasteiger partial charge in [-0.3, -0.25) is 19.4 Å². The summed E-state index contributed by atoms with van der Waals surface area (Å²) in [7, 11) is 0. The molecule has 3 aliphatic carbocycles. The molecule has 1 aromatic carbocycles. The highest BCUT2D eigenvalue weighted by atomic mass is 16.5. The minimum Gasteiger partial charge on any atom is -0.506 e. The summed E-state index contributed by atoms with van der Waals surface area (Å²) >= 11 is 0. The number of Topliss-reactive ketones (excluding diaryl/α,β-unsaturated/α-hetero) is 2. The van der Waals surface area contributed by atoms with E-state index in [1.807, 2.05) is 12.1 Å². The lowest BCUT2D eigenvalue weighted by Gasteiger charge is -2.50. The van der Waals surface area contributed by atoms with Gasteiger partial charge < -0.3 is 26.2 Å². The second-order valence-electron chi connectivity index (χ2n) is 8.63. The van der Waals surface area contributed by atoms with E-state index in [1.54, 1.807) is 30.5 Å². The van der Waals surface area contributed by atoms with Crippen molar-refractivity contribution in [2.24, 2.45) is 17.6 Å². The van der Waals surface area contributed by atoms with E-state index >= 15 is 0 Å². The van der Waals surface area contributed by atoms with Gasteiger partial charge in [0, 0.05) is 22.9 Å². The Kier molecular flexibility index (Phi) is 4.44. The van der Waals surface area contributed by atoms with Crippen LogP contribution in [0.25, 0.3) is 11.3 Å². The number of aliphatic hydroxyl groups is 4. The molecule has 0 spiro atoms. The van der Waals surface area contributed by atoms with E-state index in [2.05, 4.69) is 4.98 Å². The van der Waals surface area contributed by atoms with Gasteiger partial charge in [-0.25, -0.2) is 0 Å². The smallest absolute Gasteiger partial charge is 0.255 e. The second-order valence-corrected chi connectivity index (χ2v) is 8.63. The average Bonchev–Trinajstić information content (AvgIpc) is 2.78. The summed E-state index contributed by atoms with van der Waals surface area (Å²) in [6, 6.07) is 10.6. The maximum absolute atomic E-state index is 13.4. The Balaban J connectivity index is 1.66. The molecule has 168 valence electrons. The van der Waals surface area contributed by atoms with Crippen LogP contribution in [0.1, 0.15) is 22.3 Å². The third-order valence-corrected chi connectivity index (χ3v) is 6.88. The maximum Gasteiger partial charge on any atom is 0.255 e. The van der Waals surface area contributed by atoms with E-state index < -0.39 is 52.7 Å². The monoisotopic (exact) mass is 448 g/mol. The Hall–Kier alpha value is -3.66. The van der Waals surface area contributed by atoms with E-state index in [-0.39, 0.29) is 17.8 Å². The highest BCUT2D eigenvalue weighted by Gasteiger charge is 2.66. The molecule has 0 fully saturated rings. The standard InChI is InChI=1S/C24H20N2O7/c25-22(30)18-20(28)16-9-14-11(10-23(16,31)24(32,33)21(18)29)8-15-12(17-6-1-2-7-26-17)4-3-5-13(15)19(14)27/h1-7,9,11,16,29,31-33H,8,10H2,(H2,25,30). The summed E-state index contributed by atoms with van der Waals surface area (Å²) in [6.45, 7) is 0. The molecule has 3 atom stereocenters. The number of nitrogens with zero attached hydrogens (tertiary/aromatic N) is 1. The van der Waals surface area contributed by atoms with Crippen LogP contribution in [0.2, 0.25) is 0 Å². The van der Waals surface area contributed by atoms with E-state index in [1.165, 1.54) is 6.08 Å². The number of ketones is 2. The molecular weight excluding hydrogens is 428 g/mol. The number of amides is 1. The molecule has 9 nitrogen and oxygen atoms in total. The van der Waals surface area contributed by atoms with Crippen LogP contribution in [0.5, 0.6) is 0 Å². The predicted octanol–water partition coefficient (Wildman–Crippen LogP) is 0.342. The summed E-state index contributed by atoms with van der Waals surface area (Å²) in [5.41, 5.74) is 4.29. The van der Waals surface area contributed by atoms with Crippen molar-refractivity contribution in [2.75, 3.05) is 0 Å². The van der Waals surface area contributed by atoms with Gasteiger partial charge in [0.25, 0.3) is 11.7 Å². The van der Waals surface area contributed by atoms with Crippen molar-refractivity contribution < 1.29 is 34.8 Å². The molecule has 1 amide bonds. The van der Waals surface area contributed by atoms with Gasteiger partial charge >= 0.3 is 0 Å². The van der Waals surface area contributed by atoms with Crippen molar-refractivity contribution in [3.05, 3.63) is 76.7 Å². The van der Waals surface area contributed by atoms with Crippen LogP contribution in [0.15, 0.2) is 65.6 Å². The summed E-state index contributed by atoms with van der Waals surface area (Å²) in [4.78, 5) is 42.4. The van der Waals surface area contributed by atoms with Crippen LogP contribution >= 0.6 is 0 Å². The fraction of sp³-hybridized carbons (Fsp3) is 0.250. The van der Waals surface area contributed by atoms with Crippen LogP contribution in [-0.2, 0) is 16.0 Å². The molecule has 0 bridgehead atoms. The SMILES string of the molecule is NC(=O)C1=C(O)C(O)(O)C2(O)CC3Cc4c(cccc4-c4ccccn4)C(=O)C3=CC2C1=O. The van der Waals surface area contributed by atoms with Crippen molar-refractivity contribution in [3.8, 4) is 11.3 Å². The lowest BCUT2D eigenvalue weighted by molar-refractivity contribution is -0.285. The number of hydrogen-bond acceptors (Lipinski definition) is 8. The molecule has 5 rings (SSSR count). The van der Waals surface area contributed by atoms with Crippen LogP contribution in [0.4, 0.5) is 0 Å². The lowest BCUT2D eigenvalue weighted by Crippen LogP contribution is -2.67. The number of hydrogen-bond donors (Lipinski definition) is 5. The molecule has 6 N–H and O–H groups in total. The first kappa shape index (κ1) is 21.2. The van der Waals surface area contributed by atoms with Gasteiger partial charge in [0.05, 0.1) is 11.6 Å². The quantitative estimate of drug-likeness (QED) is 0.323. The van der Waals surface area contributed by atoms with Crippen molar-refractivity contribution in [1.29, 1.82) is 0 Å². The molecule has 1 aromatic heterocycles. The van der Waals surface area contributed by atoms with Gasteiger partial charge in [-0.2, -0.15) is 0 Å². The highest BCUT2D eigenvalue weighted by Crippen LogP contribution is 2.51. The number of allylic oxidation sites excluding steroid dienone is 1.